The number of nitrogens with two attached hydrogens (primary N) is 1. The van der Waals surface area contributed by atoms with Crippen molar-refractivity contribution in [2.24, 2.45) is 5.73 Å². The van der Waals surface area contributed by atoms with Gasteiger partial charge in [0.2, 0.25) is 5.91 Å². The molecule has 2 aromatic rings. The molecule has 5 rings (SSSR count). The smallest absolute Gasteiger partial charge is 0.526 e. The maximum absolute atomic E-state index is 12.5. The number of imidazole rings is 1. The maximum Gasteiger partial charge on any atom is 0.526 e. The average molecular weight is 426 g/mol. The van der Waals surface area contributed by atoms with Crippen molar-refractivity contribution >= 4 is 19.0 Å². The Morgan fingerprint density at radius 2 is 2.23 bits per heavy atom. The lowest BCUT2D eigenvalue weighted by molar-refractivity contribution is -0.141. The average Bonchev–Trinajstić information content (AvgIpc) is 3.40. The van der Waals surface area contributed by atoms with Gasteiger partial charge in [0, 0.05) is 18.4 Å². The Bertz CT molecular complexity index is 1050. The first-order valence-corrected chi connectivity index (χ1v) is 10.3. The van der Waals surface area contributed by atoms with Crippen LogP contribution in [-0.4, -0.2) is 69.2 Å². The van der Waals surface area contributed by atoms with Crippen LogP contribution in [0.15, 0.2) is 18.3 Å². The van der Waals surface area contributed by atoms with Crippen LogP contribution in [0.4, 0.5) is 0 Å². The number of aryl methyl sites for hydroxylation is 1. The molecule has 5 N–H and O–H groups in total. The number of hydrogen-bond donors (Lipinski definition) is 4. The van der Waals surface area contributed by atoms with Crippen molar-refractivity contribution in [3.63, 3.8) is 0 Å². The molecule has 11 heteroatoms. The predicted octanol–water partition coefficient (Wildman–Crippen LogP) is 0.306. The van der Waals surface area contributed by atoms with Crippen molar-refractivity contribution in [1.82, 2.24) is 14.9 Å². The summed E-state index contributed by atoms with van der Waals surface area (Å²) in [6, 6.07) is 2.73. The Labute approximate surface area is 178 Å². The number of carbonyl (C=O) groups is 2. The number of carboxylic acids is 1. The molecule has 162 valence electrons. The number of aromatic carboxylic acids is 1. The van der Waals surface area contributed by atoms with Crippen molar-refractivity contribution < 1.29 is 29.1 Å². The number of ether oxygens (including phenoxy) is 1. The fraction of sp³-hybridized carbons (Fsp3) is 0.450. The Hall–Kier alpha value is -3.05. The van der Waals surface area contributed by atoms with Gasteiger partial charge in [-0.15, -0.1) is 0 Å². The SMILES string of the molecule is Cc1nc(C[C@H](N)C(=O)N2CC(Oc3ccc4c(c3C(=O)O)OB(O)[C@@H]3C[C@H]43)C2)c[nH]1. The minimum Gasteiger partial charge on any atom is -0.535 e. The molecule has 1 aromatic carbocycles. The fourth-order valence-electron chi connectivity index (χ4n) is 4.39. The Morgan fingerprint density at radius 1 is 1.45 bits per heavy atom. The molecule has 31 heavy (non-hydrogen) atoms. The van der Waals surface area contributed by atoms with Crippen LogP contribution in [0.1, 0.15) is 39.8 Å². The third kappa shape index (κ3) is 3.53. The van der Waals surface area contributed by atoms with Gasteiger partial charge < -0.3 is 35.1 Å². The molecule has 1 amide bonds. The van der Waals surface area contributed by atoms with Crippen molar-refractivity contribution in [2.75, 3.05) is 13.1 Å². The Kier molecular flexibility index (Phi) is 4.67. The van der Waals surface area contributed by atoms with E-state index in [-0.39, 0.29) is 40.8 Å². The second-order valence-corrected chi connectivity index (χ2v) is 8.45. The van der Waals surface area contributed by atoms with Gasteiger partial charge in [0.25, 0.3) is 0 Å². The predicted molar refractivity (Wildman–Crippen MR) is 109 cm³/mol. The molecule has 10 nitrogen and oxygen atoms in total. The number of rotatable bonds is 6. The number of fused-ring (bicyclic) bond motifs is 3. The molecule has 3 atom stereocenters. The summed E-state index contributed by atoms with van der Waals surface area (Å²) >= 11 is 0. The molecule has 0 spiro atoms. The zero-order chi connectivity index (χ0) is 21.9. The van der Waals surface area contributed by atoms with Crippen molar-refractivity contribution in [1.29, 1.82) is 0 Å². The third-order valence-electron chi connectivity index (χ3n) is 6.17. The van der Waals surface area contributed by atoms with Gasteiger partial charge in [-0.05, 0) is 30.9 Å². The molecule has 0 unspecified atom stereocenters. The summed E-state index contributed by atoms with van der Waals surface area (Å²) in [5.74, 6) is -0.104. The first-order chi connectivity index (χ1) is 14.8. The van der Waals surface area contributed by atoms with Crippen LogP contribution in [0.25, 0.3) is 0 Å². The van der Waals surface area contributed by atoms with Gasteiger partial charge in [-0.3, -0.25) is 4.79 Å². The van der Waals surface area contributed by atoms with Crippen LogP contribution < -0.4 is 15.1 Å². The lowest BCUT2D eigenvalue weighted by atomic mass is 9.77. The van der Waals surface area contributed by atoms with E-state index in [1.54, 1.807) is 23.2 Å². The number of aromatic amines is 1. The lowest BCUT2D eigenvalue weighted by Crippen LogP contribution is -2.60. The van der Waals surface area contributed by atoms with E-state index in [4.69, 9.17) is 15.1 Å². The van der Waals surface area contributed by atoms with E-state index in [0.29, 0.717) is 19.5 Å². The molecule has 3 aliphatic rings. The first kappa shape index (κ1) is 19.9. The number of nitrogens with zero attached hydrogens (tertiary/aromatic N) is 2. The molecular formula is C20H23BN4O6. The molecule has 1 aliphatic carbocycles. The van der Waals surface area contributed by atoms with Crippen LogP contribution in [0.3, 0.4) is 0 Å². The van der Waals surface area contributed by atoms with Crippen LogP contribution in [0.5, 0.6) is 11.5 Å². The topological polar surface area (TPSA) is 151 Å². The van der Waals surface area contributed by atoms with Crippen molar-refractivity contribution in [3.05, 3.63) is 41.0 Å². The quantitative estimate of drug-likeness (QED) is 0.482. The number of nitrogens with one attached hydrogen (secondary N) is 1. The van der Waals surface area contributed by atoms with Gasteiger partial charge in [0.05, 0.1) is 24.8 Å². The summed E-state index contributed by atoms with van der Waals surface area (Å²) in [5.41, 5.74) is 7.47. The highest BCUT2D eigenvalue weighted by molar-refractivity contribution is 6.48. The number of likely N-dealkylation sites (tertiary alicyclic amines) is 1. The van der Waals surface area contributed by atoms with Gasteiger partial charge in [-0.25, -0.2) is 9.78 Å². The second kappa shape index (κ2) is 7.28. The number of carboxylic acid groups (broad SMARTS) is 1. The molecule has 0 radical (unpaired) electrons. The number of benzene rings is 1. The minimum absolute atomic E-state index is 0.0294. The number of aromatic nitrogens is 2. The fourth-order valence-corrected chi connectivity index (χ4v) is 4.39. The van der Waals surface area contributed by atoms with E-state index < -0.39 is 19.1 Å². The summed E-state index contributed by atoms with van der Waals surface area (Å²) in [6.45, 7) is 2.46. The van der Waals surface area contributed by atoms with Crippen LogP contribution in [0.2, 0.25) is 5.82 Å². The summed E-state index contributed by atoms with van der Waals surface area (Å²) in [6.07, 6.45) is 2.51. The van der Waals surface area contributed by atoms with Gasteiger partial charge in [-0.1, -0.05) is 6.07 Å². The standard InChI is InChI=1S/C20H23BN4O6/c1-9-23-6-10(24-9)4-15(22)19(26)25-7-11(8-25)30-16-3-2-12-13-5-14(13)21(29)31-18(12)17(16)20(27)28/h2-3,6,11,13-15,29H,4-5,7-8,22H2,1H3,(H,23,24)(H,27,28)/t13-,14-,15+/m1/s1. The summed E-state index contributed by atoms with van der Waals surface area (Å²) in [5, 5.41) is 19.8. The monoisotopic (exact) mass is 426 g/mol. The van der Waals surface area contributed by atoms with E-state index in [0.717, 1.165) is 23.5 Å². The summed E-state index contributed by atoms with van der Waals surface area (Å²) < 4.78 is 11.4. The molecule has 1 aromatic heterocycles. The van der Waals surface area contributed by atoms with E-state index in [1.165, 1.54) is 0 Å². The van der Waals surface area contributed by atoms with Crippen LogP contribution in [0, 0.1) is 6.92 Å². The molecule has 1 saturated heterocycles. The molecule has 3 heterocycles. The van der Waals surface area contributed by atoms with Gasteiger partial charge in [0.1, 0.15) is 29.0 Å². The van der Waals surface area contributed by atoms with Gasteiger partial charge >= 0.3 is 13.1 Å². The Balaban J connectivity index is 1.23. The third-order valence-corrected chi connectivity index (χ3v) is 6.17. The minimum atomic E-state index is -1.18. The number of H-pyrrole nitrogens is 1. The molecule has 1 saturated carbocycles. The first-order valence-electron chi connectivity index (χ1n) is 10.3. The zero-order valence-electron chi connectivity index (χ0n) is 16.9. The van der Waals surface area contributed by atoms with Crippen molar-refractivity contribution in [3.8, 4) is 11.5 Å². The summed E-state index contributed by atoms with van der Waals surface area (Å²) in [4.78, 5) is 33.3. The number of hydrogen-bond acceptors (Lipinski definition) is 7. The Morgan fingerprint density at radius 3 is 2.90 bits per heavy atom. The van der Waals surface area contributed by atoms with Crippen LogP contribution >= 0.6 is 0 Å². The molecular weight excluding hydrogens is 403 g/mol. The normalized spacial score (nSPS) is 22.7. The lowest BCUT2D eigenvalue weighted by Gasteiger charge is -2.40. The molecule has 2 fully saturated rings. The number of carbonyl (C=O) groups excluding carboxylic acids is 1. The van der Waals surface area contributed by atoms with E-state index >= 15 is 0 Å². The maximum atomic E-state index is 12.5. The van der Waals surface area contributed by atoms with E-state index in [2.05, 4.69) is 9.97 Å². The summed E-state index contributed by atoms with van der Waals surface area (Å²) in [7, 11) is -0.998. The highest BCUT2D eigenvalue weighted by Crippen LogP contribution is 2.60. The highest BCUT2D eigenvalue weighted by Gasteiger charge is 2.54. The highest BCUT2D eigenvalue weighted by atomic mass is 16.5. The van der Waals surface area contributed by atoms with E-state index in [1.807, 2.05) is 6.92 Å². The van der Waals surface area contributed by atoms with Crippen LogP contribution in [-0.2, 0) is 11.2 Å². The van der Waals surface area contributed by atoms with Gasteiger partial charge in [-0.2, -0.15) is 0 Å². The molecule has 0 bridgehead atoms. The zero-order valence-corrected chi connectivity index (χ0v) is 16.9. The molecule has 2 aliphatic heterocycles. The van der Waals surface area contributed by atoms with Gasteiger partial charge in [0.15, 0.2) is 0 Å². The second-order valence-electron chi connectivity index (χ2n) is 8.45. The number of amides is 1. The van der Waals surface area contributed by atoms with E-state index in [9.17, 15) is 19.7 Å². The largest absolute Gasteiger partial charge is 0.535 e. The van der Waals surface area contributed by atoms with Crippen molar-refractivity contribution in [2.45, 2.75) is 43.6 Å².